The lowest BCUT2D eigenvalue weighted by Gasteiger charge is -2.08. The highest BCUT2D eigenvalue weighted by molar-refractivity contribution is 6.67. The first-order valence-corrected chi connectivity index (χ1v) is 5.57. The normalized spacial score (nSPS) is 10.5. The zero-order valence-corrected chi connectivity index (χ0v) is 10.3. The van der Waals surface area contributed by atoms with Gasteiger partial charge in [0.1, 0.15) is 34.8 Å². The monoisotopic (exact) mass is 286 g/mol. The molecular weight excluding hydrogens is 278 g/mol. The number of benzene rings is 2. The third kappa shape index (κ3) is 2.76. The largest absolute Gasteiger partial charge is 0.497 e. The molecule has 0 N–H and O–H groups in total. The van der Waals surface area contributed by atoms with Crippen LogP contribution in [0, 0.1) is 29.1 Å². The van der Waals surface area contributed by atoms with E-state index in [1.54, 1.807) is 0 Å². The summed E-state index contributed by atoms with van der Waals surface area (Å²) in [4.78, 5) is 0. The highest BCUT2D eigenvalue weighted by atomic mass is 19.2. The maximum atomic E-state index is 13.7. The second-order valence-electron chi connectivity index (χ2n) is 4.09. The molecule has 0 aliphatic rings. The molecule has 2 rings (SSSR count). The van der Waals surface area contributed by atoms with E-state index < -0.39 is 47.3 Å². The summed E-state index contributed by atoms with van der Waals surface area (Å²) in [7, 11) is 0.562. The summed E-state index contributed by atoms with van der Waals surface area (Å²) >= 11 is 0. The van der Waals surface area contributed by atoms with Crippen LogP contribution >= 0.6 is 0 Å². The second kappa shape index (κ2) is 5.52. The summed E-state index contributed by atoms with van der Waals surface area (Å²) in [6.45, 7) is 0. The van der Waals surface area contributed by atoms with E-state index in [0.717, 1.165) is 12.1 Å². The van der Waals surface area contributed by atoms with Gasteiger partial charge in [-0.3, -0.25) is 0 Å². The van der Waals surface area contributed by atoms with Crippen molar-refractivity contribution in [1.29, 1.82) is 0 Å². The average molecular weight is 286 g/mol. The minimum Gasteiger partial charge on any atom is -0.497 e. The van der Waals surface area contributed by atoms with E-state index >= 15 is 0 Å². The number of hydrogen-bond donors (Lipinski definition) is 0. The first-order chi connectivity index (χ1) is 9.42. The van der Waals surface area contributed by atoms with Crippen molar-refractivity contribution >= 4 is 18.2 Å². The fourth-order valence-corrected chi connectivity index (χ4v) is 1.78. The van der Waals surface area contributed by atoms with Gasteiger partial charge in [-0.1, -0.05) is 0 Å². The van der Waals surface area contributed by atoms with Crippen molar-refractivity contribution in [2.75, 3.05) is 7.11 Å². The lowest BCUT2D eigenvalue weighted by Crippen LogP contribution is -2.36. The quantitative estimate of drug-likeness (QED) is 0.617. The zero-order chi connectivity index (χ0) is 14.9. The van der Waals surface area contributed by atoms with Gasteiger partial charge in [-0.05, 0) is 10.9 Å². The first-order valence-electron chi connectivity index (χ1n) is 5.57. The fourth-order valence-electron chi connectivity index (χ4n) is 1.78. The molecule has 0 atom stereocenters. The van der Waals surface area contributed by atoms with E-state index in [0.29, 0.717) is 12.1 Å². The number of hydrogen-bond acceptors (Lipinski definition) is 1. The van der Waals surface area contributed by atoms with E-state index in [1.165, 1.54) is 7.11 Å². The van der Waals surface area contributed by atoms with Crippen LogP contribution in [0.25, 0.3) is 0 Å². The van der Waals surface area contributed by atoms with Crippen molar-refractivity contribution in [3.05, 3.63) is 53.4 Å². The van der Waals surface area contributed by atoms with Gasteiger partial charge in [-0.15, -0.1) is 0 Å². The summed E-state index contributed by atoms with van der Waals surface area (Å²) < 4.78 is 71.7. The lowest BCUT2D eigenvalue weighted by atomic mass is 9.63. The minimum atomic E-state index is -1.20. The van der Waals surface area contributed by atoms with E-state index in [1.807, 2.05) is 0 Å². The molecule has 0 amide bonds. The molecule has 0 radical (unpaired) electrons. The molecule has 7 heteroatoms. The average Bonchev–Trinajstić information content (AvgIpc) is 2.35. The predicted molar refractivity (Wildman–Crippen MR) is 65.6 cm³/mol. The van der Waals surface area contributed by atoms with Crippen molar-refractivity contribution in [2.24, 2.45) is 0 Å². The van der Waals surface area contributed by atoms with Gasteiger partial charge in [0.15, 0.2) is 0 Å². The van der Waals surface area contributed by atoms with Crippen LogP contribution in [0.5, 0.6) is 5.75 Å². The van der Waals surface area contributed by atoms with Gasteiger partial charge >= 0.3 is 0 Å². The van der Waals surface area contributed by atoms with E-state index in [-0.39, 0.29) is 5.75 Å². The third-order valence-electron chi connectivity index (χ3n) is 2.81. The van der Waals surface area contributed by atoms with Gasteiger partial charge in [0.25, 0.3) is 0 Å². The van der Waals surface area contributed by atoms with Gasteiger partial charge in [-0.2, -0.15) is 0 Å². The maximum absolute atomic E-state index is 13.7. The molecule has 0 spiro atoms. The topological polar surface area (TPSA) is 9.23 Å². The van der Waals surface area contributed by atoms with Crippen molar-refractivity contribution in [3.8, 4) is 5.75 Å². The Morgan fingerprint density at radius 1 is 0.750 bits per heavy atom. The number of halogens is 5. The number of ether oxygens (including phenoxy) is 1. The molecule has 0 bridgehead atoms. The van der Waals surface area contributed by atoms with Gasteiger partial charge in [0, 0.05) is 24.3 Å². The Morgan fingerprint density at radius 3 is 1.55 bits per heavy atom. The standard InChI is InChI=1S/C13H8BF5O/c1-20-7-4-10(18)13(11(19)5-7)14-12-8(16)2-6(15)3-9(12)17/h2-5,14H,1H3. The molecule has 20 heavy (non-hydrogen) atoms. The second-order valence-corrected chi connectivity index (χ2v) is 4.09. The van der Waals surface area contributed by atoms with Crippen molar-refractivity contribution in [1.82, 2.24) is 0 Å². The summed E-state index contributed by atoms with van der Waals surface area (Å²) in [5.41, 5.74) is -1.12. The molecule has 2 aromatic rings. The Labute approximate surface area is 112 Å². The van der Waals surface area contributed by atoms with Crippen LogP contribution in [-0.4, -0.2) is 14.4 Å². The van der Waals surface area contributed by atoms with Crippen molar-refractivity contribution < 1.29 is 26.7 Å². The van der Waals surface area contributed by atoms with Crippen LogP contribution < -0.4 is 15.7 Å². The fraction of sp³-hybridized carbons (Fsp3) is 0.0769. The zero-order valence-electron chi connectivity index (χ0n) is 10.3. The highest BCUT2D eigenvalue weighted by Gasteiger charge is 2.19. The Kier molecular flexibility index (Phi) is 3.97. The van der Waals surface area contributed by atoms with E-state index in [2.05, 4.69) is 4.74 Å². The summed E-state index contributed by atoms with van der Waals surface area (Å²) in [5.74, 6) is -5.53. The smallest absolute Gasteiger partial charge is 0.207 e. The van der Waals surface area contributed by atoms with Gasteiger partial charge in [0.2, 0.25) is 7.28 Å². The van der Waals surface area contributed by atoms with Crippen LogP contribution in [-0.2, 0) is 0 Å². The molecule has 0 fully saturated rings. The Hall–Kier alpha value is -2.05. The van der Waals surface area contributed by atoms with Crippen LogP contribution in [0.2, 0.25) is 0 Å². The summed E-state index contributed by atoms with van der Waals surface area (Å²) in [6.07, 6.45) is 0. The SMILES string of the molecule is COc1cc(F)c(Bc2c(F)cc(F)cc2F)c(F)c1. The maximum Gasteiger partial charge on any atom is 0.207 e. The summed E-state index contributed by atoms with van der Waals surface area (Å²) in [6, 6.07) is 2.71. The molecule has 2 aromatic carbocycles. The molecular formula is C13H8BF5O. The Bertz CT molecular complexity index is 613. The summed E-state index contributed by atoms with van der Waals surface area (Å²) in [5, 5.41) is 0. The van der Waals surface area contributed by atoms with Crippen molar-refractivity contribution in [2.45, 2.75) is 0 Å². The molecule has 0 saturated heterocycles. The van der Waals surface area contributed by atoms with Crippen LogP contribution in [0.1, 0.15) is 0 Å². The van der Waals surface area contributed by atoms with E-state index in [4.69, 9.17) is 0 Å². The van der Waals surface area contributed by atoms with Crippen LogP contribution in [0.15, 0.2) is 24.3 Å². The van der Waals surface area contributed by atoms with Gasteiger partial charge in [-0.25, -0.2) is 22.0 Å². The molecule has 0 unspecified atom stereocenters. The Morgan fingerprint density at radius 2 is 1.15 bits per heavy atom. The molecule has 0 aliphatic carbocycles. The van der Waals surface area contributed by atoms with Crippen LogP contribution in [0.3, 0.4) is 0 Å². The Balaban J connectivity index is 2.45. The molecule has 1 nitrogen and oxygen atoms in total. The molecule has 0 heterocycles. The highest BCUT2D eigenvalue weighted by Crippen LogP contribution is 2.13. The molecule has 0 saturated carbocycles. The molecule has 104 valence electrons. The van der Waals surface area contributed by atoms with Crippen LogP contribution in [0.4, 0.5) is 22.0 Å². The predicted octanol–water partition coefficient (Wildman–Crippen LogP) is 1.78. The lowest BCUT2D eigenvalue weighted by molar-refractivity contribution is 0.407. The minimum absolute atomic E-state index is 0.0520. The molecule has 0 aliphatic heterocycles. The third-order valence-corrected chi connectivity index (χ3v) is 2.81. The van der Waals surface area contributed by atoms with Gasteiger partial charge in [0.05, 0.1) is 7.11 Å². The molecule has 0 aromatic heterocycles. The first kappa shape index (κ1) is 14.4. The van der Waals surface area contributed by atoms with Gasteiger partial charge < -0.3 is 4.74 Å². The van der Waals surface area contributed by atoms with Crippen molar-refractivity contribution in [3.63, 3.8) is 0 Å². The number of rotatable bonds is 3. The van der Waals surface area contributed by atoms with E-state index in [9.17, 15) is 22.0 Å². The number of methoxy groups -OCH3 is 1.